The largest absolute Gasteiger partial charge is 0.324 e. The summed E-state index contributed by atoms with van der Waals surface area (Å²) in [5.41, 5.74) is 1.11. The minimum Gasteiger partial charge on any atom is -0.324 e. The maximum absolute atomic E-state index is 13.5. The molecule has 0 saturated heterocycles. The van der Waals surface area contributed by atoms with Gasteiger partial charge in [-0.2, -0.15) is 4.31 Å². The molecule has 0 fully saturated rings. The van der Waals surface area contributed by atoms with E-state index >= 15 is 0 Å². The Bertz CT molecular complexity index is 1450. The van der Waals surface area contributed by atoms with Crippen molar-refractivity contribution in [1.29, 1.82) is 0 Å². The number of benzene rings is 4. The van der Waals surface area contributed by atoms with E-state index in [0.717, 1.165) is 15.1 Å². The number of nitrogens with zero attached hydrogens (tertiary/aromatic N) is 1. The molecule has 0 bridgehead atoms. The monoisotopic (exact) mass is 532 g/mol. The Kier molecular flexibility index (Phi) is 7.45. The number of carbonyl (C=O) groups excluding carboxylic acids is 1. The van der Waals surface area contributed by atoms with E-state index in [0.29, 0.717) is 26.3 Å². The van der Waals surface area contributed by atoms with E-state index in [9.17, 15) is 13.2 Å². The molecule has 0 radical (unpaired) electrons. The number of fused-ring (bicyclic) bond motifs is 1. The second kappa shape index (κ2) is 10.3. The van der Waals surface area contributed by atoms with Crippen LogP contribution in [0.3, 0.4) is 0 Å². The van der Waals surface area contributed by atoms with Gasteiger partial charge in [0.25, 0.3) is 0 Å². The number of hydrogen-bond acceptors (Lipinski definition) is 3. The Labute approximate surface area is 212 Å². The molecule has 4 aromatic carbocycles. The topological polar surface area (TPSA) is 66.5 Å². The van der Waals surface area contributed by atoms with Crippen molar-refractivity contribution in [3.8, 4) is 0 Å². The van der Waals surface area contributed by atoms with Crippen molar-refractivity contribution in [2.45, 2.75) is 11.4 Å². The van der Waals surface area contributed by atoms with Crippen LogP contribution in [0.1, 0.15) is 5.56 Å². The van der Waals surface area contributed by atoms with Crippen molar-refractivity contribution in [2.75, 3.05) is 11.9 Å². The molecule has 5 nitrogen and oxygen atoms in total. The fourth-order valence-electron chi connectivity index (χ4n) is 3.51. The third kappa shape index (κ3) is 5.54. The Hall–Kier alpha value is -2.61. The molecule has 174 valence electrons. The highest BCUT2D eigenvalue weighted by Gasteiger charge is 2.28. The first-order chi connectivity index (χ1) is 16.2. The number of carbonyl (C=O) groups is 1. The van der Waals surface area contributed by atoms with Crippen molar-refractivity contribution in [3.05, 3.63) is 106 Å². The highest BCUT2D eigenvalue weighted by molar-refractivity contribution is 7.89. The van der Waals surface area contributed by atoms with Crippen molar-refractivity contribution >= 4 is 67.2 Å². The minimum atomic E-state index is -4.05. The lowest BCUT2D eigenvalue weighted by Gasteiger charge is -2.23. The molecule has 4 rings (SSSR count). The third-order valence-corrected chi connectivity index (χ3v) is 7.84. The van der Waals surface area contributed by atoms with Gasteiger partial charge in [-0.25, -0.2) is 8.42 Å². The molecule has 0 unspecified atom stereocenters. The Morgan fingerprint density at radius 3 is 2.24 bits per heavy atom. The summed E-state index contributed by atoms with van der Waals surface area (Å²) in [5, 5.41) is 5.78. The third-order valence-electron chi connectivity index (χ3n) is 5.20. The predicted molar refractivity (Wildman–Crippen MR) is 138 cm³/mol. The van der Waals surface area contributed by atoms with E-state index < -0.39 is 22.5 Å². The second-order valence-corrected chi connectivity index (χ2v) is 10.8. The number of hydrogen-bond donors (Lipinski definition) is 1. The molecule has 1 amide bonds. The van der Waals surface area contributed by atoms with Crippen LogP contribution in [0.4, 0.5) is 5.69 Å². The summed E-state index contributed by atoms with van der Waals surface area (Å²) in [5.74, 6) is -0.487. The fraction of sp³-hybridized carbons (Fsp3) is 0.0800. The number of sulfonamides is 1. The molecular formula is C25H19Cl3N2O3S. The number of nitrogens with one attached hydrogen (secondary N) is 1. The maximum atomic E-state index is 13.5. The van der Waals surface area contributed by atoms with Gasteiger partial charge in [0.2, 0.25) is 15.9 Å². The zero-order chi connectivity index (χ0) is 24.3. The van der Waals surface area contributed by atoms with Gasteiger partial charge < -0.3 is 5.32 Å². The normalized spacial score (nSPS) is 11.6. The summed E-state index contributed by atoms with van der Waals surface area (Å²) >= 11 is 18.2. The summed E-state index contributed by atoms with van der Waals surface area (Å²) in [6.45, 7) is -0.545. The number of anilines is 1. The van der Waals surface area contributed by atoms with E-state index in [1.165, 1.54) is 30.3 Å². The van der Waals surface area contributed by atoms with Crippen molar-refractivity contribution in [1.82, 2.24) is 4.31 Å². The molecule has 0 aliphatic rings. The summed E-state index contributed by atoms with van der Waals surface area (Å²) < 4.78 is 28.0. The van der Waals surface area contributed by atoms with Crippen LogP contribution in [0.5, 0.6) is 0 Å². The second-order valence-electron chi connectivity index (χ2n) is 7.54. The minimum absolute atomic E-state index is 0.0138. The van der Waals surface area contributed by atoms with Gasteiger partial charge >= 0.3 is 0 Å². The Morgan fingerprint density at radius 2 is 1.50 bits per heavy atom. The van der Waals surface area contributed by atoms with Crippen LogP contribution in [0.2, 0.25) is 15.1 Å². The first kappa shape index (κ1) is 24.5. The Morgan fingerprint density at radius 1 is 0.824 bits per heavy atom. The predicted octanol–water partition coefficient (Wildman–Crippen LogP) is 6.63. The van der Waals surface area contributed by atoms with Gasteiger partial charge in [0.1, 0.15) is 0 Å². The highest BCUT2D eigenvalue weighted by atomic mass is 35.5. The SMILES string of the molecule is O=C(CN(Cc1ccc(Cl)cc1Cl)S(=O)(=O)c1ccc(Cl)cc1)Nc1cccc2ccccc12. The van der Waals surface area contributed by atoms with Gasteiger partial charge in [0, 0.05) is 32.7 Å². The molecule has 0 aliphatic carbocycles. The molecule has 9 heteroatoms. The summed E-state index contributed by atoms with van der Waals surface area (Å²) in [6, 6.07) is 23.7. The standard InChI is InChI=1S/C25H19Cl3N2O3S/c26-19-10-12-21(13-11-19)34(32,33)30(15-18-8-9-20(27)14-23(18)28)16-25(31)29-24-7-3-5-17-4-1-2-6-22(17)24/h1-14H,15-16H2,(H,29,31). The lowest BCUT2D eigenvalue weighted by atomic mass is 10.1. The van der Waals surface area contributed by atoms with Gasteiger partial charge in [-0.3, -0.25) is 4.79 Å². The van der Waals surface area contributed by atoms with Gasteiger partial charge in [-0.1, -0.05) is 77.3 Å². The van der Waals surface area contributed by atoms with Crippen molar-refractivity contribution in [3.63, 3.8) is 0 Å². The average Bonchev–Trinajstić information content (AvgIpc) is 2.81. The first-order valence-electron chi connectivity index (χ1n) is 10.2. The van der Waals surface area contributed by atoms with Crippen molar-refractivity contribution < 1.29 is 13.2 Å². The van der Waals surface area contributed by atoms with Crippen LogP contribution in [0.25, 0.3) is 10.8 Å². The number of rotatable bonds is 7. The van der Waals surface area contributed by atoms with Gasteiger partial charge in [-0.15, -0.1) is 0 Å². The average molecular weight is 534 g/mol. The zero-order valence-corrected chi connectivity index (χ0v) is 20.8. The summed E-state index contributed by atoms with van der Waals surface area (Å²) in [4.78, 5) is 13.0. The molecule has 34 heavy (non-hydrogen) atoms. The molecule has 0 aliphatic heterocycles. The summed E-state index contributed by atoms with van der Waals surface area (Å²) in [7, 11) is -4.05. The van der Waals surface area contributed by atoms with Crippen LogP contribution >= 0.6 is 34.8 Å². The summed E-state index contributed by atoms with van der Waals surface area (Å²) in [6.07, 6.45) is 0. The fourth-order valence-corrected chi connectivity index (χ4v) is 5.47. The molecule has 4 aromatic rings. The lowest BCUT2D eigenvalue weighted by molar-refractivity contribution is -0.116. The molecule has 0 heterocycles. The van der Waals surface area contributed by atoms with Gasteiger partial charge in [0.15, 0.2) is 0 Å². The van der Waals surface area contributed by atoms with Crippen LogP contribution in [-0.2, 0) is 21.4 Å². The number of halogens is 3. The molecule has 1 N–H and O–H groups in total. The van der Waals surface area contributed by atoms with E-state index in [4.69, 9.17) is 34.8 Å². The van der Waals surface area contributed by atoms with E-state index in [1.54, 1.807) is 18.2 Å². The maximum Gasteiger partial charge on any atom is 0.243 e. The van der Waals surface area contributed by atoms with Crippen LogP contribution in [0, 0.1) is 0 Å². The van der Waals surface area contributed by atoms with Crippen LogP contribution < -0.4 is 5.32 Å². The lowest BCUT2D eigenvalue weighted by Crippen LogP contribution is -2.37. The Balaban J connectivity index is 1.65. The molecule has 0 atom stereocenters. The van der Waals surface area contributed by atoms with E-state index in [-0.39, 0.29) is 11.4 Å². The van der Waals surface area contributed by atoms with Crippen LogP contribution in [-0.4, -0.2) is 25.2 Å². The van der Waals surface area contributed by atoms with Gasteiger partial charge in [-0.05, 0) is 53.4 Å². The zero-order valence-electron chi connectivity index (χ0n) is 17.7. The van der Waals surface area contributed by atoms with E-state index in [2.05, 4.69) is 5.32 Å². The first-order valence-corrected chi connectivity index (χ1v) is 12.8. The van der Waals surface area contributed by atoms with Gasteiger partial charge in [0.05, 0.1) is 11.4 Å². The molecule has 0 spiro atoms. The number of amides is 1. The quantitative estimate of drug-likeness (QED) is 0.290. The van der Waals surface area contributed by atoms with Crippen LogP contribution in [0.15, 0.2) is 89.8 Å². The molecule has 0 saturated carbocycles. The molecule has 0 aromatic heterocycles. The van der Waals surface area contributed by atoms with E-state index in [1.807, 2.05) is 36.4 Å². The smallest absolute Gasteiger partial charge is 0.243 e. The molecular weight excluding hydrogens is 515 g/mol. The van der Waals surface area contributed by atoms with Crippen molar-refractivity contribution in [2.24, 2.45) is 0 Å². The highest BCUT2D eigenvalue weighted by Crippen LogP contribution is 2.27.